The predicted octanol–water partition coefficient (Wildman–Crippen LogP) is 1.69. The van der Waals surface area contributed by atoms with Crippen molar-refractivity contribution in [2.75, 3.05) is 6.61 Å². The summed E-state index contributed by atoms with van der Waals surface area (Å²) in [6.07, 6.45) is -2.19. The van der Waals surface area contributed by atoms with Crippen molar-refractivity contribution in [1.29, 1.82) is 0 Å². The summed E-state index contributed by atoms with van der Waals surface area (Å²) in [5.41, 5.74) is 0. The first-order valence-electron chi connectivity index (χ1n) is 6.37. The second kappa shape index (κ2) is 5.17. The first kappa shape index (κ1) is 12.4. The fourth-order valence-corrected chi connectivity index (χ4v) is 2.23. The van der Waals surface area contributed by atoms with Crippen LogP contribution in [0.1, 0.15) is 6.42 Å². The third-order valence-corrected chi connectivity index (χ3v) is 3.34. The van der Waals surface area contributed by atoms with Gasteiger partial charge >= 0.3 is 0 Å². The average Bonchev–Trinajstić information content (AvgIpc) is 2.44. The monoisotopic (exact) mass is 260 g/mol. The summed E-state index contributed by atoms with van der Waals surface area (Å²) in [6.45, 7) is 0.385. The number of ether oxygens (including phenoxy) is 2. The Kier molecular flexibility index (Phi) is 3.38. The van der Waals surface area contributed by atoms with Gasteiger partial charge in [-0.15, -0.1) is 0 Å². The summed E-state index contributed by atoms with van der Waals surface area (Å²) in [4.78, 5) is 0. The maximum Gasteiger partial charge on any atom is 0.228 e. The molecule has 1 heterocycles. The van der Waals surface area contributed by atoms with Gasteiger partial charge in [-0.1, -0.05) is 30.3 Å². The maximum atomic E-state index is 9.81. The van der Waals surface area contributed by atoms with Crippen molar-refractivity contribution < 1.29 is 19.7 Å². The minimum atomic E-state index is -1.01. The highest BCUT2D eigenvalue weighted by atomic mass is 16.7. The molecule has 2 aromatic rings. The molecule has 0 amide bonds. The van der Waals surface area contributed by atoms with Crippen molar-refractivity contribution >= 4 is 10.8 Å². The molecule has 3 atom stereocenters. The number of hydrogen-bond donors (Lipinski definition) is 2. The van der Waals surface area contributed by atoms with Crippen LogP contribution < -0.4 is 4.74 Å². The molecule has 1 aliphatic heterocycles. The zero-order valence-electron chi connectivity index (χ0n) is 10.4. The topological polar surface area (TPSA) is 58.9 Å². The van der Waals surface area contributed by atoms with Crippen LogP contribution in [-0.2, 0) is 4.74 Å². The molecular weight excluding hydrogens is 244 g/mol. The lowest BCUT2D eigenvalue weighted by molar-refractivity contribution is -0.207. The Bertz CT molecular complexity index is 569. The molecule has 1 aliphatic rings. The smallest absolute Gasteiger partial charge is 0.228 e. The summed E-state index contributed by atoms with van der Waals surface area (Å²) in [6, 6.07) is 13.6. The van der Waals surface area contributed by atoms with Gasteiger partial charge in [0.15, 0.2) is 0 Å². The minimum Gasteiger partial charge on any atom is -0.462 e. The van der Waals surface area contributed by atoms with E-state index in [1.807, 2.05) is 42.5 Å². The average molecular weight is 260 g/mol. The van der Waals surface area contributed by atoms with Crippen LogP contribution in [-0.4, -0.2) is 35.3 Å². The first-order valence-corrected chi connectivity index (χ1v) is 6.37. The maximum absolute atomic E-state index is 9.81. The molecule has 2 aromatic carbocycles. The van der Waals surface area contributed by atoms with Crippen molar-refractivity contribution in [3.8, 4) is 5.75 Å². The summed E-state index contributed by atoms with van der Waals surface area (Å²) >= 11 is 0. The Morgan fingerprint density at radius 3 is 2.68 bits per heavy atom. The molecule has 2 N–H and O–H groups in total. The Balaban J connectivity index is 1.81. The third kappa shape index (κ3) is 2.56. The minimum absolute atomic E-state index is 0.385. The van der Waals surface area contributed by atoms with Gasteiger partial charge in [0.2, 0.25) is 6.29 Å². The molecule has 3 rings (SSSR count). The van der Waals surface area contributed by atoms with E-state index in [0.29, 0.717) is 18.8 Å². The molecule has 1 saturated heterocycles. The van der Waals surface area contributed by atoms with Crippen molar-refractivity contribution in [1.82, 2.24) is 0 Å². The Morgan fingerprint density at radius 2 is 1.84 bits per heavy atom. The predicted molar refractivity (Wildman–Crippen MR) is 70.9 cm³/mol. The van der Waals surface area contributed by atoms with Gasteiger partial charge in [-0.3, -0.25) is 0 Å². The quantitative estimate of drug-likeness (QED) is 0.862. The van der Waals surface area contributed by atoms with Gasteiger partial charge in [0, 0.05) is 0 Å². The lowest BCUT2D eigenvalue weighted by Gasteiger charge is -2.31. The number of aliphatic hydroxyl groups is 2. The van der Waals surface area contributed by atoms with E-state index >= 15 is 0 Å². The van der Waals surface area contributed by atoms with Gasteiger partial charge in [-0.25, -0.2) is 0 Å². The standard InChI is InChI=1S/C15H16O4/c16-13-7-8-18-15(14(13)17)19-12-6-5-10-3-1-2-4-11(10)9-12/h1-6,9,13-17H,7-8H2/t13-,14+,15-/m0/s1. The molecule has 100 valence electrons. The van der Waals surface area contributed by atoms with Crippen LogP contribution in [0.3, 0.4) is 0 Å². The first-order chi connectivity index (χ1) is 9.24. The summed E-state index contributed by atoms with van der Waals surface area (Å²) < 4.78 is 11.0. The lowest BCUT2D eigenvalue weighted by atomic mass is 10.1. The fourth-order valence-electron chi connectivity index (χ4n) is 2.23. The molecule has 4 nitrogen and oxygen atoms in total. The van der Waals surface area contributed by atoms with E-state index in [9.17, 15) is 10.2 Å². The van der Waals surface area contributed by atoms with E-state index in [4.69, 9.17) is 9.47 Å². The van der Waals surface area contributed by atoms with Crippen molar-refractivity contribution in [3.05, 3.63) is 42.5 Å². The van der Waals surface area contributed by atoms with Gasteiger partial charge in [0.25, 0.3) is 0 Å². The largest absolute Gasteiger partial charge is 0.462 e. The molecular formula is C15H16O4. The van der Waals surface area contributed by atoms with Crippen molar-refractivity contribution in [2.45, 2.75) is 24.9 Å². The van der Waals surface area contributed by atoms with Crippen LogP contribution in [0.4, 0.5) is 0 Å². The summed E-state index contributed by atoms with van der Waals surface area (Å²) in [7, 11) is 0. The van der Waals surface area contributed by atoms with Gasteiger partial charge in [0.1, 0.15) is 11.9 Å². The summed E-state index contributed by atoms with van der Waals surface area (Å²) in [5.74, 6) is 0.622. The normalized spacial score (nSPS) is 27.4. The van der Waals surface area contributed by atoms with E-state index in [2.05, 4.69) is 0 Å². The number of hydrogen-bond acceptors (Lipinski definition) is 4. The van der Waals surface area contributed by atoms with E-state index in [1.54, 1.807) is 0 Å². The van der Waals surface area contributed by atoms with Gasteiger partial charge < -0.3 is 19.7 Å². The van der Waals surface area contributed by atoms with Crippen molar-refractivity contribution in [3.63, 3.8) is 0 Å². The zero-order valence-corrected chi connectivity index (χ0v) is 10.4. The number of benzene rings is 2. The lowest BCUT2D eigenvalue weighted by Crippen LogP contribution is -2.47. The Hall–Kier alpha value is -1.62. The highest BCUT2D eigenvalue weighted by Gasteiger charge is 2.33. The molecule has 4 heteroatoms. The second-order valence-electron chi connectivity index (χ2n) is 4.71. The fraction of sp³-hybridized carbons (Fsp3) is 0.333. The number of fused-ring (bicyclic) bond motifs is 1. The van der Waals surface area contributed by atoms with Crippen molar-refractivity contribution in [2.24, 2.45) is 0 Å². The van der Waals surface area contributed by atoms with Gasteiger partial charge in [0.05, 0.1) is 12.7 Å². The van der Waals surface area contributed by atoms with Crippen LogP contribution in [0.25, 0.3) is 10.8 Å². The van der Waals surface area contributed by atoms with E-state index in [1.165, 1.54) is 0 Å². The third-order valence-electron chi connectivity index (χ3n) is 3.34. The van der Waals surface area contributed by atoms with Crippen LogP contribution in [0, 0.1) is 0 Å². The molecule has 0 spiro atoms. The molecule has 0 saturated carbocycles. The van der Waals surface area contributed by atoms with Crippen LogP contribution in [0.5, 0.6) is 5.75 Å². The molecule has 1 fully saturated rings. The SMILES string of the molecule is O[C@H]1[C@H](Oc2ccc3ccccc3c2)OCC[C@@H]1O. The zero-order chi connectivity index (χ0) is 13.2. The van der Waals surface area contributed by atoms with Crippen LogP contribution in [0.15, 0.2) is 42.5 Å². The van der Waals surface area contributed by atoms with E-state index < -0.39 is 18.5 Å². The molecule has 0 unspecified atom stereocenters. The molecule has 0 bridgehead atoms. The Labute approximate surface area is 111 Å². The van der Waals surface area contributed by atoms with E-state index in [0.717, 1.165) is 10.8 Å². The second-order valence-corrected chi connectivity index (χ2v) is 4.71. The Morgan fingerprint density at radius 1 is 1.05 bits per heavy atom. The highest BCUT2D eigenvalue weighted by Crippen LogP contribution is 2.24. The highest BCUT2D eigenvalue weighted by molar-refractivity contribution is 5.83. The number of aliphatic hydroxyl groups excluding tert-OH is 2. The van der Waals surface area contributed by atoms with Gasteiger partial charge in [-0.05, 0) is 29.3 Å². The van der Waals surface area contributed by atoms with Crippen LogP contribution in [0.2, 0.25) is 0 Å². The molecule has 0 aromatic heterocycles. The van der Waals surface area contributed by atoms with Gasteiger partial charge in [-0.2, -0.15) is 0 Å². The molecule has 0 aliphatic carbocycles. The number of rotatable bonds is 2. The summed E-state index contributed by atoms with van der Waals surface area (Å²) in [5, 5.41) is 21.6. The van der Waals surface area contributed by atoms with Crippen LogP contribution >= 0.6 is 0 Å². The molecule has 0 radical (unpaired) electrons. The molecule has 19 heavy (non-hydrogen) atoms. The van der Waals surface area contributed by atoms with E-state index in [-0.39, 0.29) is 0 Å².